The Hall–Kier alpha value is -1.70. The summed E-state index contributed by atoms with van der Waals surface area (Å²) in [5, 5.41) is 0. The monoisotopic (exact) mass is 365 g/mol. The van der Waals surface area contributed by atoms with E-state index >= 15 is 0 Å². The summed E-state index contributed by atoms with van der Waals surface area (Å²) in [5.41, 5.74) is 1.55. The van der Waals surface area contributed by atoms with Crippen LogP contribution in [0, 0.1) is 0 Å². The van der Waals surface area contributed by atoms with Gasteiger partial charge in [0.05, 0.1) is 19.0 Å². The molecule has 0 N–H and O–H groups in total. The van der Waals surface area contributed by atoms with Gasteiger partial charge in [0.25, 0.3) is 5.91 Å². The molecule has 1 aromatic carbocycles. The first kappa shape index (κ1) is 17.1. The number of carbonyl (C=O) groups excluding carboxylic acids is 1. The molecule has 1 amide bonds. The minimum Gasteiger partial charge on any atom is -0.378 e. The molecular weight excluding hydrogens is 346 g/mol. The van der Waals surface area contributed by atoms with Crippen molar-refractivity contribution in [2.45, 2.75) is 11.1 Å². The molecule has 5 nitrogen and oxygen atoms in total. The molecule has 0 atom stereocenters. The predicted molar refractivity (Wildman–Crippen MR) is 94.2 cm³/mol. The minimum atomic E-state index is -3.18. The number of amides is 1. The van der Waals surface area contributed by atoms with E-state index in [2.05, 4.69) is 0 Å². The quantitative estimate of drug-likeness (QED) is 0.836. The second-order valence-corrected chi connectivity index (χ2v) is 9.09. The number of morpholine rings is 1. The highest BCUT2D eigenvalue weighted by molar-refractivity contribution is 7.93. The van der Waals surface area contributed by atoms with Crippen molar-refractivity contribution in [2.24, 2.45) is 0 Å². The van der Waals surface area contributed by atoms with Crippen LogP contribution in [0.2, 0.25) is 0 Å². The van der Waals surface area contributed by atoms with Crippen LogP contribution in [-0.2, 0) is 14.6 Å². The number of benzene rings is 1. The van der Waals surface area contributed by atoms with Crippen molar-refractivity contribution in [3.8, 4) is 10.4 Å². The Morgan fingerprint density at radius 3 is 2.42 bits per heavy atom. The fourth-order valence-electron chi connectivity index (χ4n) is 2.51. The maximum Gasteiger partial charge on any atom is 0.254 e. The van der Waals surface area contributed by atoms with Crippen LogP contribution in [0.15, 0.2) is 40.6 Å². The lowest BCUT2D eigenvalue weighted by Crippen LogP contribution is -2.40. The third kappa shape index (κ3) is 3.53. The highest BCUT2D eigenvalue weighted by Crippen LogP contribution is 2.31. The van der Waals surface area contributed by atoms with Gasteiger partial charge in [-0.15, -0.1) is 11.3 Å². The number of sulfone groups is 1. The lowest BCUT2D eigenvalue weighted by atomic mass is 10.1. The first-order chi connectivity index (χ1) is 11.5. The molecule has 0 aliphatic carbocycles. The summed E-state index contributed by atoms with van der Waals surface area (Å²) in [4.78, 5) is 15.1. The Morgan fingerprint density at radius 2 is 1.79 bits per heavy atom. The van der Waals surface area contributed by atoms with Crippen LogP contribution in [0.3, 0.4) is 0 Å². The Bertz CT molecular complexity index is 819. The van der Waals surface area contributed by atoms with Crippen molar-refractivity contribution in [1.82, 2.24) is 4.90 Å². The molecule has 1 aliphatic heterocycles. The van der Waals surface area contributed by atoms with Gasteiger partial charge in [-0.05, 0) is 29.8 Å². The number of thiophene rings is 1. The molecule has 0 bridgehead atoms. The molecule has 1 aromatic heterocycles. The van der Waals surface area contributed by atoms with Gasteiger partial charge in [0.15, 0.2) is 9.84 Å². The number of carbonyl (C=O) groups is 1. The van der Waals surface area contributed by atoms with Crippen molar-refractivity contribution < 1.29 is 17.9 Å². The number of hydrogen-bond donors (Lipinski definition) is 0. The van der Waals surface area contributed by atoms with Crippen LogP contribution in [-0.4, -0.2) is 51.3 Å². The van der Waals surface area contributed by atoms with Crippen LogP contribution >= 0.6 is 11.3 Å². The van der Waals surface area contributed by atoms with E-state index in [1.54, 1.807) is 30.0 Å². The molecule has 0 spiro atoms. The van der Waals surface area contributed by atoms with E-state index in [1.165, 1.54) is 11.3 Å². The van der Waals surface area contributed by atoms with Crippen LogP contribution in [0.5, 0.6) is 0 Å². The van der Waals surface area contributed by atoms with Gasteiger partial charge in [0, 0.05) is 23.5 Å². The van der Waals surface area contributed by atoms with Crippen LogP contribution in [0.1, 0.15) is 17.3 Å². The van der Waals surface area contributed by atoms with Crippen molar-refractivity contribution in [2.75, 3.05) is 32.1 Å². The summed E-state index contributed by atoms with van der Waals surface area (Å²) >= 11 is 1.26. The minimum absolute atomic E-state index is 0.00489. The van der Waals surface area contributed by atoms with Crippen molar-refractivity contribution in [1.29, 1.82) is 0 Å². The molecular formula is C17H19NO4S2. The standard InChI is InChI=1S/C17H19NO4S2/c1-2-24(20,21)16-8-7-15(23-16)13-3-5-14(6-4-13)17(19)18-9-11-22-12-10-18/h3-8H,2,9-12H2,1H3. The van der Waals surface area contributed by atoms with Crippen molar-refractivity contribution in [3.63, 3.8) is 0 Å². The largest absolute Gasteiger partial charge is 0.378 e. The lowest BCUT2D eigenvalue weighted by molar-refractivity contribution is 0.0303. The molecule has 7 heteroatoms. The van der Waals surface area contributed by atoms with Gasteiger partial charge in [-0.25, -0.2) is 8.42 Å². The molecule has 2 aromatic rings. The molecule has 1 aliphatic rings. The molecule has 3 rings (SSSR count). The molecule has 2 heterocycles. The smallest absolute Gasteiger partial charge is 0.254 e. The molecule has 128 valence electrons. The van der Waals surface area contributed by atoms with Gasteiger partial charge in [-0.3, -0.25) is 4.79 Å². The molecule has 1 fully saturated rings. The van der Waals surface area contributed by atoms with Crippen molar-refractivity contribution in [3.05, 3.63) is 42.0 Å². The number of hydrogen-bond acceptors (Lipinski definition) is 5. The summed E-state index contributed by atoms with van der Waals surface area (Å²) in [7, 11) is -3.18. The average molecular weight is 365 g/mol. The molecule has 0 unspecified atom stereocenters. The van der Waals surface area contributed by atoms with E-state index in [4.69, 9.17) is 4.74 Å². The predicted octanol–water partition coefficient (Wildman–Crippen LogP) is 2.68. The summed E-state index contributed by atoms with van der Waals surface area (Å²) in [6.07, 6.45) is 0. The van der Waals surface area contributed by atoms with E-state index < -0.39 is 9.84 Å². The Labute approximate surface area is 145 Å². The van der Waals surface area contributed by atoms with Gasteiger partial charge in [-0.1, -0.05) is 19.1 Å². The fraction of sp³-hybridized carbons (Fsp3) is 0.353. The third-order valence-electron chi connectivity index (χ3n) is 3.98. The van der Waals surface area contributed by atoms with E-state index in [0.29, 0.717) is 36.1 Å². The van der Waals surface area contributed by atoms with Gasteiger partial charge in [0.2, 0.25) is 0 Å². The Kier molecular flexibility index (Phi) is 5.03. The SMILES string of the molecule is CCS(=O)(=O)c1ccc(-c2ccc(C(=O)N3CCOCC3)cc2)s1. The maximum atomic E-state index is 12.4. The fourth-order valence-corrected chi connectivity index (χ4v) is 4.94. The first-order valence-corrected chi connectivity index (χ1v) is 10.3. The van der Waals surface area contributed by atoms with E-state index in [0.717, 1.165) is 10.4 Å². The highest BCUT2D eigenvalue weighted by Gasteiger charge is 2.19. The molecule has 24 heavy (non-hydrogen) atoms. The maximum absolute atomic E-state index is 12.4. The molecule has 0 saturated carbocycles. The number of ether oxygens (including phenoxy) is 1. The van der Waals surface area contributed by atoms with Gasteiger partial charge in [-0.2, -0.15) is 0 Å². The van der Waals surface area contributed by atoms with Crippen molar-refractivity contribution >= 4 is 27.1 Å². The zero-order valence-corrected chi connectivity index (χ0v) is 15.0. The second kappa shape index (κ2) is 7.04. The lowest BCUT2D eigenvalue weighted by Gasteiger charge is -2.26. The Morgan fingerprint density at radius 1 is 1.12 bits per heavy atom. The van der Waals surface area contributed by atoms with Crippen LogP contribution < -0.4 is 0 Å². The summed E-state index contributed by atoms with van der Waals surface area (Å²) in [6, 6.07) is 10.8. The van der Waals surface area contributed by atoms with Crippen LogP contribution in [0.4, 0.5) is 0 Å². The van der Waals surface area contributed by atoms with Gasteiger partial charge < -0.3 is 9.64 Å². The van der Waals surface area contributed by atoms with Gasteiger partial charge in [0.1, 0.15) is 4.21 Å². The van der Waals surface area contributed by atoms with Crippen LogP contribution in [0.25, 0.3) is 10.4 Å². The Balaban J connectivity index is 1.78. The second-order valence-electron chi connectivity index (χ2n) is 5.50. The number of rotatable bonds is 4. The van der Waals surface area contributed by atoms with E-state index in [1.807, 2.05) is 18.2 Å². The molecule has 1 saturated heterocycles. The normalized spacial score (nSPS) is 15.5. The summed E-state index contributed by atoms with van der Waals surface area (Å²) < 4.78 is 29.5. The third-order valence-corrected chi connectivity index (χ3v) is 7.43. The van der Waals surface area contributed by atoms with E-state index in [-0.39, 0.29) is 11.7 Å². The zero-order chi connectivity index (χ0) is 17.2. The summed E-state index contributed by atoms with van der Waals surface area (Å²) in [5.74, 6) is 0.102. The topological polar surface area (TPSA) is 63.7 Å². The molecule has 0 radical (unpaired) electrons. The average Bonchev–Trinajstić information content (AvgIpc) is 3.13. The van der Waals surface area contributed by atoms with Gasteiger partial charge >= 0.3 is 0 Å². The summed E-state index contributed by atoms with van der Waals surface area (Å²) in [6.45, 7) is 4.02. The first-order valence-electron chi connectivity index (χ1n) is 7.81. The number of nitrogens with zero attached hydrogens (tertiary/aromatic N) is 1. The van der Waals surface area contributed by atoms with E-state index in [9.17, 15) is 13.2 Å². The highest BCUT2D eigenvalue weighted by atomic mass is 32.2. The zero-order valence-electron chi connectivity index (χ0n) is 13.4.